The molecule has 9 heteroatoms. The van der Waals surface area contributed by atoms with Crippen molar-refractivity contribution in [2.75, 3.05) is 13.2 Å². The van der Waals surface area contributed by atoms with Gasteiger partial charge >= 0.3 is 0 Å². The van der Waals surface area contributed by atoms with Gasteiger partial charge in [0.05, 0.1) is 25.4 Å². The van der Waals surface area contributed by atoms with E-state index < -0.39 is 49.5 Å². The third-order valence-electron chi connectivity index (χ3n) is 15.5. The molecule has 0 aromatic rings. The molecule has 1 amide bonds. The van der Waals surface area contributed by atoms with Crippen LogP contribution in [0.15, 0.2) is 24.3 Å². The van der Waals surface area contributed by atoms with Gasteiger partial charge in [0, 0.05) is 6.42 Å². The van der Waals surface area contributed by atoms with Crippen LogP contribution in [0.2, 0.25) is 0 Å². The van der Waals surface area contributed by atoms with E-state index >= 15 is 0 Å². The van der Waals surface area contributed by atoms with E-state index in [2.05, 4.69) is 31.3 Å². The third kappa shape index (κ3) is 43.4. The van der Waals surface area contributed by atoms with E-state index in [-0.39, 0.29) is 12.5 Å². The Morgan fingerprint density at radius 2 is 0.781 bits per heavy atom. The molecule has 432 valence electrons. The van der Waals surface area contributed by atoms with Gasteiger partial charge in [-0.15, -0.1) is 0 Å². The van der Waals surface area contributed by atoms with Crippen LogP contribution in [-0.4, -0.2) is 87.5 Å². The van der Waals surface area contributed by atoms with E-state index in [0.29, 0.717) is 6.42 Å². The minimum atomic E-state index is -1.57. The Bertz CT molecular complexity index is 1200. The normalized spacial score (nSPS) is 19.1. The predicted molar refractivity (Wildman–Crippen MR) is 309 cm³/mol. The molecule has 0 aliphatic carbocycles. The monoisotopic (exact) mass is 1030 g/mol. The molecule has 0 aromatic heterocycles. The molecular formula is C64H123NO8. The number of amides is 1. The lowest BCUT2D eigenvalue weighted by molar-refractivity contribution is -0.302. The number of allylic oxidation sites excluding steroid dienone is 3. The Morgan fingerprint density at radius 1 is 0.452 bits per heavy atom. The van der Waals surface area contributed by atoms with Gasteiger partial charge in [-0.1, -0.05) is 308 Å². The summed E-state index contributed by atoms with van der Waals surface area (Å²) in [5.74, 6) is -0.179. The van der Waals surface area contributed by atoms with Crippen LogP contribution in [0, 0.1) is 0 Å². The van der Waals surface area contributed by atoms with Crippen molar-refractivity contribution in [1.29, 1.82) is 0 Å². The molecule has 1 aliphatic rings. The zero-order valence-electron chi connectivity index (χ0n) is 48.2. The number of rotatable bonds is 56. The second-order valence-corrected chi connectivity index (χ2v) is 22.6. The van der Waals surface area contributed by atoms with Crippen molar-refractivity contribution in [2.24, 2.45) is 0 Å². The largest absolute Gasteiger partial charge is 0.394 e. The van der Waals surface area contributed by atoms with E-state index in [1.54, 1.807) is 6.08 Å². The molecule has 1 aliphatic heterocycles. The second kappa shape index (κ2) is 54.0. The lowest BCUT2D eigenvalue weighted by Crippen LogP contribution is -2.60. The molecule has 0 bridgehead atoms. The van der Waals surface area contributed by atoms with Gasteiger partial charge in [0.2, 0.25) is 5.91 Å². The minimum absolute atomic E-state index is 0.179. The van der Waals surface area contributed by atoms with E-state index in [9.17, 15) is 30.3 Å². The average Bonchev–Trinajstić information content (AvgIpc) is 3.39. The maximum absolute atomic E-state index is 13.1. The summed E-state index contributed by atoms with van der Waals surface area (Å²) >= 11 is 0. The van der Waals surface area contributed by atoms with Crippen molar-refractivity contribution >= 4 is 5.91 Å². The molecule has 6 N–H and O–H groups in total. The molecule has 7 unspecified atom stereocenters. The zero-order valence-corrected chi connectivity index (χ0v) is 48.2. The van der Waals surface area contributed by atoms with E-state index in [4.69, 9.17) is 9.47 Å². The third-order valence-corrected chi connectivity index (χ3v) is 15.5. The molecule has 7 atom stereocenters. The van der Waals surface area contributed by atoms with Crippen molar-refractivity contribution in [3.8, 4) is 0 Å². The highest BCUT2D eigenvalue weighted by atomic mass is 16.7. The Labute approximate surface area is 451 Å². The molecule has 0 saturated carbocycles. The van der Waals surface area contributed by atoms with Crippen molar-refractivity contribution < 1.29 is 39.8 Å². The quantitative estimate of drug-likeness (QED) is 0.0261. The smallest absolute Gasteiger partial charge is 0.220 e. The van der Waals surface area contributed by atoms with Gasteiger partial charge in [0.1, 0.15) is 24.4 Å². The van der Waals surface area contributed by atoms with Gasteiger partial charge in [-0.3, -0.25) is 4.79 Å². The Kier molecular flexibility index (Phi) is 51.6. The summed E-state index contributed by atoms with van der Waals surface area (Å²) in [5, 5.41) is 54.6. The summed E-state index contributed by atoms with van der Waals surface area (Å²) in [6.07, 6.45) is 62.8. The number of unbranched alkanes of at least 4 members (excludes halogenated alkanes) is 44. The molecule has 9 nitrogen and oxygen atoms in total. The van der Waals surface area contributed by atoms with Crippen LogP contribution in [0.1, 0.15) is 322 Å². The first-order chi connectivity index (χ1) is 35.8. The molecule has 0 radical (unpaired) electrons. The van der Waals surface area contributed by atoms with Crippen molar-refractivity contribution in [3.63, 3.8) is 0 Å². The Balaban J connectivity index is 2.12. The number of hydrogen-bond acceptors (Lipinski definition) is 8. The number of nitrogens with one attached hydrogen (secondary N) is 1. The molecule has 0 spiro atoms. The van der Waals surface area contributed by atoms with Crippen LogP contribution < -0.4 is 5.32 Å². The van der Waals surface area contributed by atoms with Gasteiger partial charge in [0.25, 0.3) is 0 Å². The van der Waals surface area contributed by atoms with Crippen LogP contribution in [-0.2, 0) is 14.3 Å². The Morgan fingerprint density at radius 3 is 1.15 bits per heavy atom. The van der Waals surface area contributed by atoms with E-state index in [0.717, 1.165) is 38.5 Å². The lowest BCUT2D eigenvalue weighted by Gasteiger charge is -2.40. The SMILES string of the molecule is CCCCCCCCCCCCCC/C=C/CC/C=C/C(O)C(COC1OC(CO)C(O)C(O)C1O)NC(=O)CCCCCCCCCCCCCCCCCCCCCCCCCCCCCCCCCC. The first-order valence-corrected chi connectivity index (χ1v) is 32.1. The summed E-state index contributed by atoms with van der Waals surface area (Å²) in [6.45, 7) is 3.81. The highest BCUT2D eigenvalue weighted by molar-refractivity contribution is 5.76. The van der Waals surface area contributed by atoms with Gasteiger partial charge in [0.15, 0.2) is 6.29 Å². The molecule has 73 heavy (non-hydrogen) atoms. The topological polar surface area (TPSA) is 149 Å². The number of ether oxygens (including phenoxy) is 2. The average molecular weight is 1030 g/mol. The fourth-order valence-electron chi connectivity index (χ4n) is 10.5. The number of carbonyl (C=O) groups is 1. The first-order valence-electron chi connectivity index (χ1n) is 32.1. The van der Waals surface area contributed by atoms with Gasteiger partial charge < -0.3 is 40.3 Å². The fraction of sp³-hybridized carbons (Fsp3) is 0.922. The minimum Gasteiger partial charge on any atom is -0.394 e. The molecular weight excluding hydrogens is 911 g/mol. The summed E-state index contributed by atoms with van der Waals surface area (Å²) < 4.78 is 11.3. The second-order valence-electron chi connectivity index (χ2n) is 22.6. The number of aliphatic hydroxyl groups excluding tert-OH is 5. The van der Waals surface area contributed by atoms with Crippen molar-refractivity contribution in [3.05, 3.63) is 24.3 Å². The van der Waals surface area contributed by atoms with Crippen LogP contribution in [0.4, 0.5) is 0 Å². The number of hydrogen-bond donors (Lipinski definition) is 6. The fourth-order valence-corrected chi connectivity index (χ4v) is 10.5. The molecule has 1 heterocycles. The van der Waals surface area contributed by atoms with Gasteiger partial charge in [-0.05, 0) is 32.1 Å². The van der Waals surface area contributed by atoms with Crippen molar-refractivity contribution in [1.82, 2.24) is 5.32 Å². The predicted octanol–water partition coefficient (Wildman–Crippen LogP) is 16.5. The van der Waals surface area contributed by atoms with Crippen LogP contribution in [0.25, 0.3) is 0 Å². The highest BCUT2D eigenvalue weighted by Gasteiger charge is 2.44. The summed E-state index contributed by atoms with van der Waals surface area (Å²) in [4.78, 5) is 13.1. The highest BCUT2D eigenvalue weighted by Crippen LogP contribution is 2.23. The van der Waals surface area contributed by atoms with Crippen LogP contribution in [0.5, 0.6) is 0 Å². The number of carbonyl (C=O) groups excluding carboxylic acids is 1. The molecule has 1 saturated heterocycles. The summed E-state index contributed by atoms with van der Waals surface area (Å²) in [6, 6.07) is -0.819. The van der Waals surface area contributed by atoms with Crippen molar-refractivity contribution in [2.45, 2.75) is 365 Å². The summed E-state index contributed by atoms with van der Waals surface area (Å²) in [7, 11) is 0. The van der Waals surface area contributed by atoms with Crippen LogP contribution in [0.3, 0.4) is 0 Å². The van der Waals surface area contributed by atoms with Gasteiger partial charge in [-0.2, -0.15) is 0 Å². The summed E-state index contributed by atoms with van der Waals surface area (Å²) in [5.41, 5.74) is 0. The lowest BCUT2D eigenvalue weighted by atomic mass is 9.99. The molecule has 0 aromatic carbocycles. The van der Waals surface area contributed by atoms with Gasteiger partial charge in [-0.25, -0.2) is 0 Å². The first kappa shape index (κ1) is 69.7. The number of aliphatic hydroxyl groups is 5. The van der Waals surface area contributed by atoms with E-state index in [1.165, 1.54) is 263 Å². The molecule has 1 fully saturated rings. The Hall–Kier alpha value is -1.33. The zero-order chi connectivity index (χ0) is 52.9. The maximum atomic E-state index is 13.1. The van der Waals surface area contributed by atoms with Crippen LogP contribution >= 0.6 is 0 Å². The molecule has 1 rings (SSSR count). The maximum Gasteiger partial charge on any atom is 0.220 e. The van der Waals surface area contributed by atoms with E-state index in [1.807, 2.05) is 6.08 Å². The standard InChI is InChI=1S/C64H123NO8/c1-3-5-7-9-11-13-15-17-19-21-23-24-25-26-27-28-29-30-31-32-33-34-35-36-38-40-42-44-46-48-50-52-54-60(68)65-57(56-72-64-63(71)62(70)61(69)59(55-66)73-64)58(67)53-51-49-47-45-43-41-39-37-22-20-18-16-14-12-10-8-6-4-2/h43,45,51,53,57-59,61-64,66-67,69-71H,3-42,44,46-50,52,54-56H2,1-2H3,(H,65,68)/b45-43+,53-51+.